The lowest BCUT2D eigenvalue weighted by molar-refractivity contribution is -0.132. The Morgan fingerprint density at radius 3 is 2.78 bits per heavy atom. The highest BCUT2D eigenvalue weighted by Gasteiger charge is 2.25. The molecule has 1 amide bonds. The molecule has 1 atom stereocenters. The number of hydrogen-bond acceptors (Lipinski definition) is 3. The second-order valence-corrected chi connectivity index (χ2v) is 6.51. The van der Waals surface area contributed by atoms with Crippen LogP contribution in [0.2, 0.25) is 0 Å². The van der Waals surface area contributed by atoms with Gasteiger partial charge in [0.05, 0.1) is 0 Å². The molecule has 0 spiro atoms. The van der Waals surface area contributed by atoms with E-state index < -0.39 is 0 Å². The van der Waals surface area contributed by atoms with Gasteiger partial charge in [-0.25, -0.2) is 0 Å². The number of carbonyl (C=O) groups excluding carboxylic acids is 1. The van der Waals surface area contributed by atoms with E-state index in [9.17, 15) is 4.79 Å². The number of benzene rings is 1. The third-order valence-electron chi connectivity index (χ3n) is 4.36. The van der Waals surface area contributed by atoms with E-state index in [1.165, 1.54) is 11.1 Å². The molecule has 1 unspecified atom stereocenters. The number of amides is 1. The van der Waals surface area contributed by atoms with Crippen LogP contribution in [0.15, 0.2) is 18.2 Å². The number of nitrogens with one attached hydrogen (secondary N) is 1. The van der Waals surface area contributed by atoms with Gasteiger partial charge in [0, 0.05) is 13.1 Å². The van der Waals surface area contributed by atoms with Crippen molar-refractivity contribution in [3.63, 3.8) is 0 Å². The van der Waals surface area contributed by atoms with Gasteiger partial charge >= 0.3 is 0 Å². The zero-order valence-electron chi connectivity index (χ0n) is 14.6. The van der Waals surface area contributed by atoms with E-state index in [1.54, 1.807) is 0 Å². The van der Waals surface area contributed by atoms with Gasteiger partial charge < -0.3 is 15.0 Å². The number of carbonyl (C=O) groups is 1. The minimum absolute atomic E-state index is 0. The predicted octanol–water partition coefficient (Wildman–Crippen LogP) is 2.99. The lowest BCUT2D eigenvalue weighted by atomic mass is 9.98. The van der Waals surface area contributed by atoms with Gasteiger partial charge in [0.2, 0.25) is 0 Å². The molecule has 23 heavy (non-hydrogen) atoms. The largest absolute Gasteiger partial charge is 0.484 e. The van der Waals surface area contributed by atoms with Crippen LogP contribution < -0.4 is 10.1 Å². The monoisotopic (exact) mass is 340 g/mol. The number of aryl methyl sites for hydroxylation is 1. The summed E-state index contributed by atoms with van der Waals surface area (Å²) < 4.78 is 5.68. The van der Waals surface area contributed by atoms with E-state index in [2.05, 4.69) is 32.2 Å². The predicted molar refractivity (Wildman–Crippen MR) is 96.6 cm³/mol. The summed E-state index contributed by atoms with van der Waals surface area (Å²) in [6.07, 6.45) is 1.08. The first-order chi connectivity index (χ1) is 10.5. The molecule has 130 valence electrons. The van der Waals surface area contributed by atoms with Gasteiger partial charge in [0.25, 0.3) is 5.91 Å². The summed E-state index contributed by atoms with van der Waals surface area (Å²) in [5.74, 6) is 1.94. The van der Waals surface area contributed by atoms with Crippen LogP contribution in [-0.2, 0) is 4.79 Å². The third-order valence-corrected chi connectivity index (χ3v) is 4.36. The van der Waals surface area contributed by atoms with Crippen molar-refractivity contribution in [2.45, 2.75) is 33.1 Å². The topological polar surface area (TPSA) is 41.6 Å². The van der Waals surface area contributed by atoms with Crippen LogP contribution >= 0.6 is 12.4 Å². The number of hydrogen-bond donors (Lipinski definition) is 1. The molecule has 0 bridgehead atoms. The fourth-order valence-corrected chi connectivity index (χ4v) is 3.14. The molecule has 1 aliphatic heterocycles. The molecule has 0 saturated carbocycles. The fraction of sp³-hybridized carbons (Fsp3) is 0.611. The Morgan fingerprint density at radius 1 is 1.43 bits per heavy atom. The molecular weight excluding hydrogens is 312 g/mol. The van der Waals surface area contributed by atoms with Gasteiger partial charge in [0.1, 0.15) is 5.75 Å². The maximum atomic E-state index is 12.2. The smallest absolute Gasteiger partial charge is 0.260 e. The van der Waals surface area contributed by atoms with Gasteiger partial charge in [0.15, 0.2) is 6.61 Å². The van der Waals surface area contributed by atoms with E-state index in [-0.39, 0.29) is 24.9 Å². The van der Waals surface area contributed by atoms with E-state index in [0.717, 1.165) is 31.8 Å². The first kappa shape index (κ1) is 19.8. The highest BCUT2D eigenvalue weighted by atomic mass is 35.5. The van der Waals surface area contributed by atoms with Crippen LogP contribution in [0.4, 0.5) is 0 Å². The van der Waals surface area contributed by atoms with Crippen LogP contribution in [0.3, 0.4) is 0 Å². The molecule has 4 nitrogen and oxygen atoms in total. The number of likely N-dealkylation sites (tertiary alicyclic amines) is 1. The van der Waals surface area contributed by atoms with Gasteiger partial charge in [-0.05, 0) is 62.0 Å². The highest BCUT2D eigenvalue weighted by Crippen LogP contribution is 2.23. The van der Waals surface area contributed by atoms with Crippen molar-refractivity contribution < 1.29 is 9.53 Å². The van der Waals surface area contributed by atoms with Crippen molar-refractivity contribution >= 4 is 18.3 Å². The molecular formula is C18H29ClN2O2. The molecule has 0 aliphatic carbocycles. The van der Waals surface area contributed by atoms with Crippen LogP contribution in [0.5, 0.6) is 5.75 Å². The number of ether oxygens (including phenoxy) is 1. The van der Waals surface area contributed by atoms with E-state index in [4.69, 9.17) is 4.74 Å². The molecule has 0 radical (unpaired) electrons. The van der Waals surface area contributed by atoms with Crippen molar-refractivity contribution in [1.29, 1.82) is 0 Å². The highest BCUT2D eigenvalue weighted by molar-refractivity contribution is 5.85. The summed E-state index contributed by atoms with van der Waals surface area (Å²) in [6, 6.07) is 6.08. The lowest BCUT2D eigenvalue weighted by Crippen LogP contribution is -2.34. The van der Waals surface area contributed by atoms with Crippen molar-refractivity contribution in [3.05, 3.63) is 29.3 Å². The van der Waals surface area contributed by atoms with Gasteiger partial charge in [-0.1, -0.05) is 19.9 Å². The van der Waals surface area contributed by atoms with E-state index >= 15 is 0 Å². The fourth-order valence-electron chi connectivity index (χ4n) is 3.14. The van der Waals surface area contributed by atoms with Gasteiger partial charge in [-0.3, -0.25) is 4.79 Å². The number of halogens is 1. The van der Waals surface area contributed by atoms with Crippen LogP contribution in [0, 0.1) is 12.8 Å². The van der Waals surface area contributed by atoms with Crippen molar-refractivity contribution in [2.75, 3.05) is 33.3 Å². The molecule has 2 rings (SSSR count). The van der Waals surface area contributed by atoms with Crippen LogP contribution in [-0.4, -0.2) is 44.1 Å². The average Bonchev–Trinajstić information content (AvgIpc) is 2.93. The minimum Gasteiger partial charge on any atom is -0.484 e. The maximum Gasteiger partial charge on any atom is 0.260 e. The van der Waals surface area contributed by atoms with Crippen molar-refractivity contribution in [1.82, 2.24) is 10.2 Å². The first-order valence-corrected chi connectivity index (χ1v) is 8.17. The Bertz CT molecular complexity index is 520. The Kier molecular flexibility index (Phi) is 7.86. The van der Waals surface area contributed by atoms with Crippen LogP contribution in [0.25, 0.3) is 0 Å². The van der Waals surface area contributed by atoms with Crippen molar-refractivity contribution in [2.24, 2.45) is 5.92 Å². The zero-order chi connectivity index (χ0) is 16.1. The quantitative estimate of drug-likeness (QED) is 0.865. The van der Waals surface area contributed by atoms with Crippen molar-refractivity contribution in [3.8, 4) is 5.75 Å². The molecule has 1 saturated heterocycles. The van der Waals surface area contributed by atoms with E-state index in [1.807, 2.05) is 24.1 Å². The zero-order valence-corrected chi connectivity index (χ0v) is 15.4. The van der Waals surface area contributed by atoms with Gasteiger partial charge in [-0.2, -0.15) is 0 Å². The summed E-state index contributed by atoms with van der Waals surface area (Å²) in [5.41, 5.74) is 2.54. The normalized spacial score (nSPS) is 17.3. The Hall–Kier alpha value is -1.26. The third kappa shape index (κ3) is 5.40. The summed E-state index contributed by atoms with van der Waals surface area (Å²) in [5, 5.41) is 3.18. The molecule has 1 heterocycles. The number of rotatable bonds is 6. The Labute approximate surface area is 146 Å². The molecule has 0 aromatic heterocycles. The molecule has 1 N–H and O–H groups in total. The molecule has 5 heteroatoms. The Morgan fingerprint density at radius 2 is 2.17 bits per heavy atom. The standard InChI is InChI=1S/C18H28N2O2.ClH/c1-13(2)17-6-5-16(9-14(17)3)22-12-18(21)20-8-7-15(11-20)10-19-4;/h5-6,9,13,15,19H,7-8,10-12H2,1-4H3;1H. The maximum absolute atomic E-state index is 12.2. The first-order valence-electron chi connectivity index (χ1n) is 8.17. The SMILES string of the molecule is CNCC1CCN(C(=O)COc2ccc(C(C)C)c(C)c2)C1.Cl. The number of nitrogens with zero attached hydrogens (tertiary/aromatic N) is 1. The van der Waals surface area contributed by atoms with Gasteiger partial charge in [-0.15, -0.1) is 12.4 Å². The summed E-state index contributed by atoms with van der Waals surface area (Å²) in [6.45, 7) is 9.25. The molecule has 1 aromatic carbocycles. The molecule has 1 fully saturated rings. The minimum atomic E-state index is 0. The van der Waals surface area contributed by atoms with E-state index in [0.29, 0.717) is 11.8 Å². The summed E-state index contributed by atoms with van der Waals surface area (Å²) in [7, 11) is 1.96. The molecule has 1 aromatic rings. The second kappa shape index (κ2) is 9.14. The summed E-state index contributed by atoms with van der Waals surface area (Å²) in [4.78, 5) is 14.1. The molecule has 1 aliphatic rings. The average molecular weight is 341 g/mol. The second-order valence-electron chi connectivity index (χ2n) is 6.51. The van der Waals surface area contributed by atoms with Crippen LogP contribution in [0.1, 0.15) is 37.3 Å². The summed E-state index contributed by atoms with van der Waals surface area (Å²) >= 11 is 0. The lowest BCUT2D eigenvalue weighted by Gasteiger charge is -2.17. The Balaban J connectivity index is 0.00000264.